The summed E-state index contributed by atoms with van der Waals surface area (Å²) in [6, 6.07) is -0.674. The van der Waals surface area contributed by atoms with Crippen LogP contribution in [0.15, 0.2) is 0 Å². The molecule has 1 rings (SSSR count). The quantitative estimate of drug-likeness (QED) is 0.705. The van der Waals surface area contributed by atoms with Crippen molar-refractivity contribution in [2.24, 2.45) is 0 Å². The summed E-state index contributed by atoms with van der Waals surface area (Å²) in [7, 11) is 0. The smallest absolute Gasteiger partial charge is 0.408 e. The molecule has 2 unspecified atom stereocenters. The van der Waals surface area contributed by atoms with Gasteiger partial charge >= 0.3 is 6.09 Å². The molecule has 0 radical (unpaired) electrons. The largest absolute Gasteiger partial charge is 0.465 e. The fraction of sp³-hybridized carbons (Fsp3) is 0.889. The molecule has 0 aromatic heterocycles. The van der Waals surface area contributed by atoms with Crippen molar-refractivity contribution in [2.75, 3.05) is 13.2 Å². The summed E-state index contributed by atoms with van der Waals surface area (Å²) in [5.41, 5.74) is -0.603. The van der Waals surface area contributed by atoms with Crippen molar-refractivity contribution in [1.82, 2.24) is 4.90 Å². The van der Waals surface area contributed by atoms with E-state index in [1.807, 2.05) is 0 Å². The van der Waals surface area contributed by atoms with Crippen LogP contribution in [0.5, 0.6) is 0 Å². The summed E-state index contributed by atoms with van der Waals surface area (Å²) in [4.78, 5) is 12.1. The van der Waals surface area contributed by atoms with Crippen LogP contribution in [0.4, 0.5) is 9.18 Å². The molecule has 4 nitrogen and oxygen atoms in total. The van der Waals surface area contributed by atoms with Crippen LogP contribution in [0.1, 0.15) is 20.8 Å². The molecule has 1 amide bonds. The maximum Gasteiger partial charge on any atom is 0.408 e. The summed E-state index contributed by atoms with van der Waals surface area (Å²) in [6.07, 6.45) is -2.32. The van der Waals surface area contributed by atoms with E-state index in [0.717, 1.165) is 4.90 Å². The number of nitrogens with zero attached hydrogens (tertiary/aromatic N) is 1. The molecule has 0 aromatic rings. The van der Waals surface area contributed by atoms with Crippen molar-refractivity contribution in [1.29, 1.82) is 0 Å². The van der Waals surface area contributed by atoms with Crippen LogP contribution in [0, 0.1) is 0 Å². The number of alkyl halides is 1. The molecule has 1 aliphatic rings. The van der Waals surface area contributed by atoms with E-state index in [2.05, 4.69) is 0 Å². The maximum atomic E-state index is 13.3. The lowest BCUT2D eigenvalue weighted by Gasteiger charge is -2.37. The minimum Gasteiger partial charge on any atom is -0.465 e. The summed E-state index contributed by atoms with van der Waals surface area (Å²) in [5.74, 6) is 0. The summed E-state index contributed by atoms with van der Waals surface area (Å²) in [6.45, 7) is 5.36. The van der Waals surface area contributed by atoms with E-state index in [1.54, 1.807) is 20.8 Å². The van der Waals surface area contributed by atoms with E-state index in [4.69, 9.17) is 9.84 Å². The van der Waals surface area contributed by atoms with Gasteiger partial charge in [-0.2, -0.15) is 0 Å². The highest BCUT2D eigenvalue weighted by atomic mass is 19.1. The zero-order chi connectivity index (χ0) is 10.9. The highest BCUT2D eigenvalue weighted by Crippen LogP contribution is 2.24. The minimum absolute atomic E-state index is 0.00940. The van der Waals surface area contributed by atoms with Gasteiger partial charge in [-0.05, 0) is 20.8 Å². The van der Waals surface area contributed by atoms with Gasteiger partial charge in [-0.1, -0.05) is 0 Å². The first-order valence-corrected chi connectivity index (χ1v) is 4.58. The van der Waals surface area contributed by atoms with Crippen LogP contribution < -0.4 is 0 Å². The van der Waals surface area contributed by atoms with Crippen molar-refractivity contribution in [2.45, 2.75) is 38.5 Å². The lowest BCUT2D eigenvalue weighted by Crippen LogP contribution is -2.54. The van der Waals surface area contributed by atoms with Gasteiger partial charge in [0.2, 0.25) is 0 Å². The first-order valence-electron chi connectivity index (χ1n) is 4.58. The van der Waals surface area contributed by atoms with Crippen molar-refractivity contribution < 1.29 is 19.0 Å². The Bertz CT molecular complexity index is 227. The molecule has 1 aliphatic heterocycles. The van der Waals surface area contributed by atoms with Crippen molar-refractivity contribution in [3.63, 3.8) is 0 Å². The Morgan fingerprint density at radius 1 is 1.50 bits per heavy atom. The fourth-order valence-electron chi connectivity index (χ4n) is 1.68. The number of carbonyl (C=O) groups is 1. The van der Waals surface area contributed by atoms with E-state index >= 15 is 0 Å². The van der Waals surface area contributed by atoms with Crippen molar-refractivity contribution in [3.8, 4) is 0 Å². The van der Waals surface area contributed by atoms with E-state index in [1.165, 1.54) is 0 Å². The van der Waals surface area contributed by atoms with Crippen LogP contribution in [0.2, 0.25) is 0 Å². The molecule has 0 saturated carbocycles. The van der Waals surface area contributed by atoms with Gasteiger partial charge in [-0.3, -0.25) is 4.90 Å². The molecule has 1 fully saturated rings. The second-order valence-electron chi connectivity index (χ2n) is 4.44. The van der Waals surface area contributed by atoms with Crippen molar-refractivity contribution >= 4 is 6.09 Å². The number of ether oxygens (including phenoxy) is 1. The molecule has 2 atom stereocenters. The second-order valence-corrected chi connectivity index (χ2v) is 4.44. The summed E-state index contributed by atoms with van der Waals surface area (Å²) in [5, 5.41) is 8.99. The average molecular weight is 205 g/mol. The molecular weight excluding hydrogens is 189 g/mol. The Morgan fingerprint density at radius 3 is 2.36 bits per heavy atom. The topological polar surface area (TPSA) is 49.8 Å². The van der Waals surface area contributed by atoms with Gasteiger partial charge in [0.1, 0.15) is 6.17 Å². The fourth-order valence-corrected chi connectivity index (χ4v) is 1.68. The van der Waals surface area contributed by atoms with Crippen LogP contribution in [0.25, 0.3) is 0 Å². The molecule has 0 aliphatic carbocycles. The third-order valence-corrected chi connectivity index (χ3v) is 2.24. The molecule has 0 spiro atoms. The lowest BCUT2D eigenvalue weighted by molar-refractivity contribution is 0.0496. The van der Waals surface area contributed by atoms with Gasteiger partial charge in [0.05, 0.1) is 19.3 Å². The predicted molar refractivity (Wildman–Crippen MR) is 49.1 cm³/mol. The van der Waals surface area contributed by atoms with Gasteiger partial charge in [-0.15, -0.1) is 0 Å². The van der Waals surface area contributed by atoms with Crippen LogP contribution in [-0.4, -0.2) is 47.1 Å². The molecule has 1 N–H and O–H groups in total. The number of carboxylic acid groups (broad SMARTS) is 1. The molecule has 0 aromatic carbocycles. The molecule has 14 heavy (non-hydrogen) atoms. The van der Waals surface area contributed by atoms with Gasteiger partial charge < -0.3 is 9.84 Å². The van der Waals surface area contributed by atoms with E-state index in [0.29, 0.717) is 0 Å². The van der Waals surface area contributed by atoms with E-state index in [9.17, 15) is 9.18 Å². The molecule has 0 bridgehead atoms. The van der Waals surface area contributed by atoms with Crippen LogP contribution in [-0.2, 0) is 4.74 Å². The SMILES string of the molecule is CC(C)(C)N(C(=O)O)C1COCC1F. The molecule has 82 valence electrons. The monoisotopic (exact) mass is 205 g/mol. The van der Waals surface area contributed by atoms with Crippen molar-refractivity contribution in [3.05, 3.63) is 0 Å². The number of rotatable bonds is 1. The third-order valence-electron chi connectivity index (χ3n) is 2.24. The van der Waals surface area contributed by atoms with Crippen LogP contribution >= 0.6 is 0 Å². The molecule has 5 heteroatoms. The van der Waals surface area contributed by atoms with Crippen LogP contribution in [0.3, 0.4) is 0 Å². The maximum absolute atomic E-state index is 13.3. The Morgan fingerprint density at radius 2 is 2.07 bits per heavy atom. The second kappa shape index (κ2) is 3.73. The summed E-state index contributed by atoms with van der Waals surface area (Å²) >= 11 is 0. The van der Waals surface area contributed by atoms with E-state index < -0.39 is 23.8 Å². The molecule has 1 saturated heterocycles. The Balaban J connectivity index is 2.83. The number of hydrogen-bond acceptors (Lipinski definition) is 2. The average Bonchev–Trinajstić information content (AvgIpc) is 2.32. The van der Waals surface area contributed by atoms with Gasteiger partial charge in [-0.25, -0.2) is 9.18 Å². The lowest BCUT2D eigenvalue weighted by atomic mass is 10.0. The minimum atomic E-state index is -1.22. The predicted octanol–water partition coefficient (Wildman–Crippen LogP) is 1.50. The Labute approximate surface area is 82.6 Å². The highest BCUT2D eigenvalue weighted by molar-refractivity contribution is 5.66. The van der Waals surface area contributed by atoms with Gasteiger partial charge in [0.15, 0.2) is 0 Å². The first-order chi connectivity index (χ1) is 6.34. The Hall–Kier alpha value is -0.840. The number of hydrogen-bond donors (Lipinski definition) is 1. The normalized spacial score (nSPS) is 27.7. The number of halogens is 1. The zero-order valence-corrected chi connectivity index (χ0v) is 8.66. The standard InChI is InChI=1S/C9H16FNO3/c1-9(2,3)11(8(12)13)7-5-14-4-6(7)10/h6-7H,4-5H2,1-3H3,(H,12,13). The Kier molecular flexibility index (Phi) is 2.99. The van der Waals surface area contributed by atoms with E-state index in [-0.39, 0.29) is 13.2 Å². The number of amides is 1. The van der Waals surface area contributed by atoms with Gasteiger partial charge in [0, 0.05) is 5.54 Å². The first kappa shape index (κ1) is 11.2. The third kappa shape index (κ3) is 2.15. The molecule has 1 heterocycles. The molecular formula is C9H16FNO3. The highest BCUT2D eigenvalue weighted by Gasteiger charge is 2.41. The zero-order valence-electron chi connectivity index (χ0n) is 8.66. The summed E-state index contributed by atoms with van der Waals surface area (Å²) < 4.78 is 18.2. The van der Waals surface area contributed by atoms with Gasteiger partial charge in [0.25, 0.3) is 0 Å².